The van der Waals surface area contributed by atoms with E-state index < -0.39 is 5.60 Å². The largest absolute Gasteiger partial charge is 0.389 e. The van der Waals surface area contributed by atoms with Crippen LogP contribution in [0.15, 0.2) is 0 Å². The first-order valence-electron chi connectivity index (χ1n) is 8.16. The van der Waals surface area contributed by atoms with Crippen LogP contribution in [0.3, 0.4) is 0 Å². The smallest absolute Gasteiger partial charge is 0.0774 e. The molecule has 1 aliphatic carbocycles. The quantitative estimate of drug-likeness (QED) is 0.759. The van der Waals surface area contributed by atoms with Crippen molar-refractivity contribution in [2.75, 3.05) is 40.0 Å². The van der Waals surface area contributed by atoms with Crippen molar-refractivity contribution in [3.8, 4) is 0 Å². The molecule has 2 aliphatic rings. The second-order valence-corrected chi connectivity index (χ2v) is 6.75. The SMILES string of the molecule is COCCOC1CCN(CC2(O)CCC(C)CC2)CC1. The number of piperidine rings is 1. The van der Waals surface area contributed by atoms with Gasteiger partial charge in [0.1, 0.15) is 0 Å². The van der Waals surface area contributed by atoms with Crippen molar-refractivity contribution < 1.29 is 14.6 Å². The zero-order chi connectivity index (χ0) is 14.4. The third-order valence-corrected chi connectivity index (χ3v) is 4.90. The van der Waals surface area contributed by atoms with E-state index in [1.807, 2.05) is 0 Å². The van der Waals surface area contributed by atoms with Gasteiger partial charge in [-0.1, -0.05) is 6.92 Å². The third-order valence-electron chi connectivity index (χ3n) is 4.90. The highest BCUT2D eigenvalue weighted by atomic mass is 16.5. The molecule has 0 aromatic rings. The van der Waals surface area contributed by atoms with Crippen LogP contribution in [0.2, 0.25) is 0 Å². The van der Waals surface area contributed by atoms with Crippen molar-refractivity contribution in [2.24, 2.45) is 5.92 Å². The maximum Gasteiger partial charge on any atom is 0.0774 e. The number of methoxy groups -OCH3 is 1. The van der Waals surface area contributed by atoms with E-state index in [2.05, 4.69) is 11.8 Å². The number of nitrogens with zero attached hydrogens (tertiary/aromatic N) is 1. The molecule has 0 aromatic heterocycles. The Balaban J connectivity index is 1.66. The third kappa shape index (κ3) is 4.99. The molecule has 0 amide bonds. The van der Waals surface area contributed by atoms with Gasteiger partial charge in [0.2, 0.25) is 0 Å². The number of hydrogen-bond acceptors (Lipinski definition) is 4. The van der Waals surface area contributed by atoms with E-state index in [1.165, 1.54) is 12.8 Å². The first-order valence-corrected chi connectivity index (χ1v) is 8.16. The summed E-state index contributed by atoms with van der Waals surface area (Å²) in [7, 11) is 1.71. The van der Waals surface area contributed by atoms with Crippen molar-refractivity contribution in [3.63, 3.8) is 0 Å². The van der Waals surface area contributed by atoms with Crippen molar-refractivity contribution >= 4 is 0 Å². The van der Waals surface area contributed by atoms with Crippen LogP contribution < -0.4 is 0 Å². The Kier molecular flexibility index (Phi) is 6.27. The summed E-state index contributed by atoms with van der Waals surface area (Å²) < 4.78 is 10.8. The lowest BCUT2D eigenvalue weighted by molar-refractivity contribution is -0.0578. The monoisotopic (exact) mass is 285 g/mol. The average Bonchev–Trinajstić information content (AvgIpc) is 2.45. The minimum atomic E-state index is -0.434. The van der Waals surface area contributed by atoms with E-state index in [1.54, 1.807) is 7.11 Å². The van der Waals surface area contributed by atoms with Gasteiger partial charge in [0.15, 0.2) is 0 Å². The predicted molar refractivity (Wildman–Crippen MR) is 79.9 cm³/mol. The van der Waals surface area contributed by atoms with Crippen molar-refractivity contribution in [1.29, 1.82) is 0 Å². The Morgan fingerprint density at radius 2 is 1.75 bits per heavy atom. The molecule has 2 fully saturated rings. The number of β-amino-alcohol motifs (C(OH)–C–C–N with tert-alkyl or cyclic N) is 1. The molecule has 0 bridgehead atoms. The number of likely N-dealkylation sites (tertiary alicyclic amines) is 1. The van der Waals surface area contributed by atoms with Crippen LogP contribution >= 0.6 is 0 Å². The molecule has 4 nitrogen and oxygen atoms in total. The van der Waals surface area contributed by atoms with Crippen LogP contribution in [0, 0.1) is 5.92 Å². The number of hydrogen-bond donors (Lipinski definition) is 1. The molecule has 4 heteroatoms. The minimum absolute atomic E-state index is 0.377. The van der Waals surface area contributed by atoms with Crippen molar-refractivity contribution in [1.82, 2.24) is 4.90 Å². The molecular weight excluding hydrogens is 254 g/mol. The van der Waals surface area contributed by atoms with Gasteiger partial charge in [0, 0.05) is 26.7 Å². The number of rotatable bonds is 6. The first kappa shape index (κ1) is 16.2. The molecular formula is C16H31NO3. The number of ether oxygens (including phenoxy) is 2. The summed E-state index contributed by atoms with van der Waals surface area (Å²) in [5, 5.41) is 10.7. The fourth-order valence-corrected chi connectivity index (χ4v) is 3.41. The van der Waals surface area contributed by atoms with Gasteiger partial charge >= 0.3 is 0 Å². The summed E-state index contributed by atoms with van der Waals surface area (Å²) in [4.78, 5) is 2.42. The van der Waals surface area contributed by atoms with E-state index in [-0.39, 0.29) is 0 Å². The molecule has 1 saturated carbocycles. The Morgan fingerprint density at radius 3 is 2.35 bits per heavy atom. The molecule has 0 unspecified atom stereocenters. The standard InChI is InChI=1S/C16H31NO3/c1-14-3-7-16(18,8-4-14)13-17-9-5-15(6-10-17)20-12-11-19-2/h14-15,18H,3-13H2,1-2H3. The molecule has 1 aliphatic heterocycles. The Morgan fingerprint density at radius 1 is 1.10 bits per heavy atom. The van der Waals surface area contributed by atoms with E-state index in [9.17, 15) is 5.11 Å². The van der Waals surface area contributed by atoms with Gasteiger partial charge in [-0.2, -0.15) is 0 Å². The average molecular weight is 285 g/mol. The molecule has 118 valence electrons. The molecule has 0 radical (unpaired) electrons. The maximum absolute atomic E-state index is 10.7. The fourth-order valence-electron chi connectivity index (χ4n) is 3.41. The highest BCUT2D eigenvalue weighted by molar-refractivity contribution is 4.88. The molecule has 0 atom stereocenters. The summed E-state index contributed by atoms with van der Waals surface area (Å²) in [5.41, 5.74) is -0.434. The van der Waals surface area contributed by atoms with Gasteiger partial charge in [0.05, 0.1) is 24.9 Å². The lowest BCUT2D eigenvalue weighted by Gasteiger charge is -2.41. The summed E-state index contributed by atoms with van der Waals surface area (Å²) in [6, 6.07) is 0. The van der Waals surface area contributed by atoms with Crippen LogP contribution in [0.5, 0.6) is 0 Å². The predicted octanol–water partition coefficient (Wildman–Crippen LogP) is 2.05. The van der Waals surface area contributed by atoms with Crippen LogP contribution in [0.4, 0.5) is 0 Å². The summed E-state index contributed by atoms with van der Waals surface area (Å²) in [6.45, 7) is 6.62. The summed E-state index contributed by atoms with van der Waals surface area (Å²) >= 11 is 0. The molecule has 0 aromatic carbocycles. The topological polar surface area (TPSA) is 41.9 Å². The van der Waals surface area contributed by atoms with Gasteiger partial charge in [-0.05, 0) is 44.4 Å². The first-order chi connectivity index (χ1) is 9.61. The van der Waals surface area contributed by atoms with Crippen molar-refractivity contribution in [3.05, 3.63) is 0 Å². The van der Waals surface area contributed by atoms with Crippen LogP contribution in [-0.4, -0.2) is 61.7 Å². The van der Waals surface area contributed by atoms with Gasteiger partial charge in [-0.15, -0.1) is 0 Å². The molecule has 1 N–H and O–H groups in total. The molecule has 0 spiro atoms. The van der Waals surface area contributed by atoms with Gasteiger partial charge < -0.3 is 19.5 Å². The normalized spacial score (nSPS) is 33.5. The minimum Gasteiger partial charge on any atom is -0.389 e. The zero-order valence-electron chi connectivity index (χ0n) is 13.1. The van der Waals surface area contributed by atoms with E-state index in [4.69, 9.17) is 9.47 Å². The Labute approximate surface area is 123 Å². The zero-order valence-corrected chi connectivity index (χ0v) is 13.1. The second-order valence-electron chi connectivity index (χ2n) is 6.75. The van der Waals surface area contributed by atoms with E-state index >= 15 is 0 Å². The fraction of sp³-hybridized carbons (Fsp3) is 1.00. The van der Waals surface area contributed by atoms with Gasteiger partial charge in [-0.25, -0.2) is 0 Å². The highest BCUT2D eigenvalue weighted by Crippen LogP contribution is 2.33. The van der Waals surface area contributed by atoms with E-state index in [0.29, 0.717) is 19.3 Å². The molecule has 20 heavy (non-hydrogen) atoms. The molecule has 1 saturated heterocycles. The molecule has 1 heterocycles. The lowest BCUT2D eigenvalue weighted by atomic mass is 9.79. The maximum atomic E-state index is 10.7. The van der Waals surface area contributed by atoms with Crippen molar-refractivity contribution in [2.45, 2.75) is 57.2 Å². The van der Waals surface area contributed by atoms with Crippen LogP contribution in [-0.2, 0) is 9.47 Å². The Hall–Kier alpha value is -0.160. The highest BCUT2D eigenvalue weighted by Gasteiger charge is 2.34. The number of aliphatic hydroxyl groups is 1. The molecule has 2 rings (SSSR count). The van der Waals surface area contributed by atoms with E-state index in [0.717, 1.165) is 51.2 Å². The van der Waals surface area contributed by atoms with Gasteiger partial charge in [0.25, 0.3) is 0 Å². The second kappa shape index (κ2) is 7.74. The van der Waals surface area contributed by atoms with Crippen LogP contribution in [0.25, 0.3) is 0 Å². The van der Waals surface area contributed by atoms with Crippen LogP contribution in [0.1, 0.15) is 45.4 Å². The Bertz CT molecular complexity index is 269. The summed E-state index contributed by atoms with van der Waals surface area (Å²) in [6.07, 6.45) is 6.83. The van der Waals surface area contributed by atoms with Gasteiger partial charge in [-0.3, -0.25) is 0 Å². The summed E-state index contributed by atoms with van der Waals surface area (Å²) in [5.74, 6) is 0.787. The lowest BCUT2D eigenvalue weighted by Crippen LogP contribution is -2.48.